The first-order chi connectivity index (χ1) is 26.0. The second kappa shape index (κ2) is 12.3. The number of hydrogen-bond acceptors (Lipinski definition) is 10. The summed E-state index contributed by atoms with van der Waals surface area (Å²) >= 11 is 0. The third kappa shape index (κ3) is 4.76. The highest BCUT2D eigenvalue weighted by molar-refractivity contribution is 7.85. The van der Waals surface area contributed by atoms with Gasteiger partial charge in [0.2, 0.25) is 5.88 Å². The number of methoxy groups -OCH3 is 4. The van der Waals surface area contributed by atoms with E-state index >= 15 is 13.8 Å². The summed E-state index contributed by atoms with van der Waals surface area (Å²) in [5.74, 6) is 1.02. The van der Waals surface area contributed by atoms with Gasteiger partial charge >= 0.3 is 8.56 Å². The fourth-order valence-electron chi connectivity index (χ4n) is 9.40. The number of carbonyl (C=O) groups excluding carboxylic acids is 2. The maximum absolute atomic E-state index is 15.9. The van der Waals surface area contributed by atoms with Crippen molar-refractivity contribution in [1.29, 1.82) is 0 Å². The number of aryl methyl sites for hydroxylation is 2. The van der Waals surface area contributed by atoms with Crippen molar-refractivity contribution in [2.75, 3.05) is 28.4 Å². The number of carbonyl (C=O) groups is 2. The standard InChI is InChI=1S/C43H45NO9SSi/c1-22-19-24-20-23-17-18-43(33(23)36(50-10)28(24)40(44-22)51-11)38(45)31-32(39(43)46)37(54(47)25-15-13-12-14-16-25)30-29-26(21-27(48-8)34(30)49-9)52-55(41(2,3)4,42(5,6)7)53-35(29)31/h12-16,19-21H,17-18H2,1-11H3. The van der Waals surface area contributed by atoms with Crippen molar-refractivity contribution in [3.63, 3.8) is 0 Å². The molecule has 5 aromatic rings. The summed E-state index contributed by atoms with van der Waals surface area (Å²) in [4.78, 5) is 37.0. The summed E-state index contributed by atoms with van der Waals surface area (Å²) in [6, 6.07) is 14.6. The monoisotopic (exact) mass is 779 g/mol. The molecule has 0 N–H and O–H groups in total. The highest BCUT2D eigenvalue weighted by atomic mass is 32.2. The molecule has 1 spiro atoms. The van der Waals surface area contributed by atoms with Crippen molar-refractivity contribution < 1.29 is 41.6 Å². The summed E-state index contributed by atoms with van der Waals surface area (Å²) in [6.45, 7) is 14.3. The molecule has 286 valence electrons. The van der Waals surface area contributed by atoms with E-state index in [1.54, 1.807) is 30.3 Å². The van der Waals surface area contributed by atoms with Crippen molar-refractivity contribution in [2.24, 2.45) is 0 Å². The number of benzene rings is 4. The molecule has 1 aromatic heterocycles. The van der Waals surface area contributed by atoms with E-state index in [-0.39, 0.29) is 33.9 Å². The lowest BCUT2D eigenvalue weighted by atomic mass is 9.76. The first-order valence-electron chi connectivity index (χ1n) is 18.3. The van der Waals surface area contributed by atoms with Crippen LogP contribution in [0.2, 0.25) is 10.1 Å². The van der Waals surface area contributed by atoms with E-state index in [9.17, 15) is 0 Å². The molecule has 0 bridgehead atoms. The van der Waals surface area contributed by atoms with Gasteiger partial charge in [-0.2, -0.15) is 0 Å². The molecule has 1 aliphatic heterocycles. The molecule has 0 fully saturated rings. The van der Waals surface area contributed by atoms with Crippen molar-refractivity contribution in [3.8, 4) is 34.6 Å². The van der Waals surface area contributed by atoms with Gasteiger partial charge in [-0.25, -0.2) is 9.19 Å². The predicted molar refractivity (Wildman–Crippen MR) is 213 cm³/mol. The number of ketones is 2. The zero-order chi connectivity index (χ0) is 39.6. The largest absolute Gasteiger partial charge is 0.510 e. The molecule has 8 rings (SSSR count). The molecule has 2 unspecified atom stereocenters. The highest BCUT2D eigenvalue weighted by Gasteiger charge is 2.67. The number of fused-ring (bicyclic) bond motifs is 5. The zero-order valence-electron chi connectivity index (χ0n) is 33.1. The Morgan fingerprint density at radius 3 is 2.04 bits per heavy atom. The van der Waals surface area contributed by atoms with Crippen LogP contribution in [0.4, 0.5) is 0 Å². The van der Waals surface area contributed by atoms with Crippen molar-refractivity contribution in [1.82, 2.24) is 4.98 Å². The quantitative estimate of drug-likeness (QED) is 0.122. The smallest absolute Gasteiger partial charge is 0.471 e. The van der Waals surface area contributed by atoms with Crippen LogP contribution in [0.25, 0.3) is 21.5 Å². The highest BCUT2D eigenvalue weighted by Crippen LogP contribution is 2.64. The summed E-state index contributed by atoms with van der Waals surface area (Å²) in [5.41, 5.74) is 0.462. The van der Waals surface area contributed by atoms with Gasteiger partial charge in [-0.05, 0) is 48.9 Å². The van der Waals surface area contributed by atoms with Crippen LogP contribution in [0.15, 0.2) is 58.3 Å². The number of nitrogens with zero attached hydrogens (tertiary/aromatic N) is 1. The number of rotatable bonds is 6. The lowest BCUT2D eigenvalue weighted by Crippen LogP contribution is -2.63. The van der Waals surface area contributed by atoms with Gasteiger partial charge in [0.05, 0.1) is 71.4 Å². The molecule has 0 saturated carbocycles. The minimum Gasteiger partial charge on any atom is -0.510 e. The SMILES string of the molecule is COc1cc2c3c(c4c(c(S(=O)c5ccccc5)c3c1OC)C(=O)C1(CCc3cc5cc(C)nc(OC)c5c(OC)c31)C4=O)O[Si](C(C)(C)C)(C(C)(C)C)O2. The Bertz CT molecular complexity index is 2520. The number of Topliss-reactive ketones (excluding diaryl/α,β-unsaturated/α-hetero) is 2. The molecule has 4 aromatic carbocycles. The van der Waals surface area contributed by atoms with Gasteiger partial charge in [0.1, 0.15) is 22.7 Å². The van der Waals surface area contributed by atoms with Gasteiger partial charge in [-0.3, -0.25) is 9.59 Å². The van der Waals surface area contributed by atoms with Crippen LogP contribution in [-0.2, 0) is 22.6 Å². The molecule has 55 heavy (non-hydrogen) atoms. The summed E-state index contributed by atoms with van der Waals surface area (Å²) in [5, 5.41) is 1.07. The average molecular weight is 780 g/mol. The van der Waals surface area contributed by atoms with E-state index in [0.717, 1.165) is 16.6 Å². The maximum Gasteiger partial charge on any atom is 0.471 e. The molecule has 0 radical (unpaired) electrons. The van der Waals surface area contributed by atoms with Crippen LogP contribution < -0.4 is 27.8 Å². The van der Waals surface area contributed by atoms with E-state index in [4.69, 9.17) is 27.8 Å². The Morgan fingerprint density at radius 2 is 1.44 bits per heavy atom. The predicted octanol–water partition coefficient (Wildman–Crippen LogP) is 8.97. The molecule has 0 amide bonds. The number of hydrogen-bond donors (Lipinski definition) is 0. The van der Waals surface area contributed by atoms with Crippen LogP contribution in [0, 0.1) is 6.92 Å². The second-order valence-electron chi connectivity index (χ2n) is 16.5. The topological polar surface area (TPSA) is 119 Å². The molecule has 2 atom stereocenters. The fourth-order valence-corrected chi connectivity index (χ4v) is 15.3. The van der Waals surface area contributed by atoms with Gasteiger partial charge in [-0.15, -0.1) is 0 Å². The van der Waals surface area contributed by atoms with Gasteiger partial charge in [0.15, 0.2) is 23.1 Å². The Kier molecular flexibility index (Phi) is 8.26. The summed E-state index contributed by atoms with van der Waals surface area (Å²) < 4.78 is 53.6. The van der Waals surface area contributed by atoms with Gasteiger partial charge in [-0.1, -0.05) is 65.8 Å². The van der Waals surface area contributed by atoms with E-state index in [2.05, 4.69) is 46.5 Å². The Balaban J connectivity index is 1.56. The third-order valence-electron chi connectivity index (χ3n) is 11.5. The van der Waals surface area contributed by atoms with Gasteiger partial charge in [0, 0.05) is 32.3 Å². The minimum absolute atomic E-state index is 0.0452. The molecule has 3 aliphatic rings. The van der Waals surface area contributed by atoms with E-state index in [1.165, 1.54) is 28.4 Å². The van der Waals surface area contributed by atoms with Crippen LogP contribution >= 0.6 is 0 Å². The van der Waals surface area contributed by atoms with Crippen LogP contribution in [0.1, 0.15) is 85.5 Å². The number of aromatic nitrogens is 1. The normalized spacial score (nSPS) is 18.9. The first-order valence-corrected chi connectivity index (χ1v) is 21.3. The first kappa shape index (κ1) is 37.0. The minimum atomic E-state index is -3.46. The van der Waals surface area contributed by atoms with Gasteiger partial charge < -0.3 is 27.8 Å². The van der Waals surface area contributed by atoms with E-state index in [1.807, 2.05) is 25.1 Å². The van der Waals surface area contributed by atoms with Gasteiger partial charge in [0.25, 0.3) is 0 Å². The molecule has 12 heteroatoms. The van der Waals surface area contributed by atoms with Crippen molar-refractivity contribution >= 4 is 52.5 Å². The zero-order valence-corrected chi connectivity index (χ0v) is 34.9. The van der Waals surface area contributed by atoms with Crippen molar-refractivity contribution in [2.45, 2.75) is 86.6 Å². The fraction of sp³-hybridized carbons (Fsp3) is 0.372. The van der Waals surface area contributed by atoms with Crippen LogP contribution in [0.5, 0.6) is 34.6 Å². The second-order valence-corrected chi connectivity index (χ2v) is 22.6. The number of pyridine rings is 1. The van der Waals surface area contributed by atoms with E-state index in [0.29, 0.717) is 56.2 Å². The maximum atomic E-state index is 15.9. The molecular formula is C43H45NO9SSi. The molecule has 2 aliphatic carbocycles. The van der Waals surface area contributed by atoms with Crippen molar-refractivity contribution in [3.05, 3.63) is 76.5 Å². The Morgan fingerprint density at radius 1 is 0.782 bits per heavy atom. The third-order valence-corrected chi connectivity index (χ3v) is 17.9. The Labute approximate surface area is 324 Å². The molecule has 2 heterocycles. The molecule has 0 saturated heterocycles. The molecular weight excluding hydrogens is 735 g/mol. The molecule has 10 nitrogen and oxygen atoms in total. The Hall–Kier alpha value is -4.94. The van der Waals surface area contributed by atoms with E-state index < -0.39 is 46.4 Å². The summed E-state index contributed by atoms with van der Waals surface area (Å²) in [6.07, 6.45) is 0.603. The lowest BCUT2D eigenvalue weighted by Gasteiger charge is -2.50. The number of ether oxygens (including phenoxy) is 4. The summed E-state index contributed by atoms with van der Waals surface area (Å²) in [7, 11) is 0.636. The lowest BCUT2D eigenvalue weighted by molar-refractivity contribution is 0.0790. The average Bonchev–Trinajstić information content (AvgIpc) is 3.63. The van der Waals surface area contributed by atoms with Crippen LogP contribution in [0.3, 0.4) is 0 Å². The van der Waals surface area contributed by atoms with Crippen LogP contribution in [-0.4, -0.2) is 57.8 Å².